The summed E-state index contributed by atoms with van der Waals surface area (Å²) in [5.74, 6) is -2.94. The Morgan fingerprint density at radius 2 is 2.22 bits per heavy atom. The summed E-state index contributed by atoms with van der Waals surface area (Å²) >= 11 is 1.27. The number of carbonyl (C=O) groups is 3. The van der Waals surface area contributed by atoms with Gasteiger partial charge < -0.3 is 10.0 Å². The number of aliphatic carboxylic acids is 1. The van der Waals surface area contributed by atoms with Gasteiger partial charge in [0.1, 0.15) is 0 Å². The number of rotatable bonds is 3. The maximum atomic E-state index is 14.4. The average Bonchev–Trinajstić information content (AvgIpc) is 3.10. The number of hydrogen-bond donors (Lipinski definition) is 1. The zero-order valence-electron chi connectivity index (χ0n) is 12.3. The summed E-state index contributed by atoms with van der Waals surface area (Å²) in [5, 5.41) is 10.8. The molecule has 1 aliphatic carbocycles. The lowest BCUT2D eigenvalue weighted by Gasteiger charge is -2.29. The van der Waals surface area contributed by atoms with E-state index in [0.717, 1.165) is 0 Å². The molecule has 1 aromatic rings. The minimum atomic E-state index is -1.12. The lowest BCUT2D eigenvalue weighted by molar-refractivity contribution is -0.136. The summed E-state index contributed by atoms with van der Waals surface area (Å²) < 4.78 is 14.4. The van der Waals surface area contributed by atoms with Gasteiger partial charge in [-0.1, -0.05) is 6.07 Å². The van der Waals surface area contributed by atoms with Gasteiger partial charge in [0.25, 0.3) is 5.91 Å². The number of Topliss-reactive ketones (excluding diaryl/α,β-unsaturated/α-hetero) is 1. The number of fused-ring (bicyclic) bond motifs is 1. The molecule has 1 amide bonds. The largest absolute Gasteiger partial charge is 0.481 e. The van der Waals surface area contributed by atoms with E-state index in [4.69, 9.17) is 5.11 Å². The second-order valence-electron chi connectivity index (χ2n) is 5.49. The molecule has 1 unspecified atom stereocenters. The van der Waals surface area contributed by atoms with Gasteiger partial charge in [-0.3, -0.25) is 14.4 Å². The Morgan fingerprint density at radius 1 is 1.48 bits per heavy atom. The lowest BCUT2D eigenvalue weighted by Crippen LogP contribution is -2.38. The third-order valence-corrected chi connectivity index (χ3v) is 5.03. The van der Waals surface area contributed by atoms with Crippen molar-refractivity contribution in [1.82, 2.24) is 4.90 Å². The molecule has 1 aliphatic heterocycles. The van der Waals surface area contributed by atoms with Crippen LogP contribution in [-0.2, 0) is 9.59 Å². The first-order valence-electron chi connectivity index (χ1n) is 7.13. The van der Waals surface area contributed by atoms with Crippen LogP contribution in [0.25, 0.3) is 0 Å². The zero-order chi connectivity index (χ0) is 16.7. The molecule has 0 radical (unpaired) electrons. The molecule has 0 saturated heterocycles. The number of ketones is 1. The predicted octanol–water partition coefficient (Wildman–Crippen LogP) is 2.91. The van der Waals surface area contributed by atoms with Crippen molar-refractivity contribution < 1.29 is 23.9 Å². The minimum Gasteiger partial charge on any atom is -0.481 e. The van der Waals surface area contributed by atoms with Crippen molar-refractivity contribution in [2.45, 2.75) is 32.2 Å². The summed E-state index contributed by atoms with van der Waals surface area (Å²) in [7, 11) is 0. The SMILES string of the molecule is CC1=C(CC(=O)O)C2=C(F)C(=O)CCC2N1C(=O)c1cccs1. The third-order valence-electron chi connectivity index (χ3n) is 4.17. The standard InChI is InChI=1S/C16H14FNO4S/c1-8-9(7-13(20)21)14-10(4-5-11(19)15(14)17)18(8)16(22)12-3-2-6-23-12/h2-3,6,10H,4-5,7H2,1H3,(H,20,21). The maximum Gasteiger partial charge on any atom is 0.307 e. The maximum absolute atomic E-state index is 14.4. The van der Waals surface area contributed by atoms with Crippen molar-refractivity contribution in [3.05, 3.63) is 45.1 Å². The summed E-state index contributed by atoms with van der Waals surface area (Å²) in [6, 6.07) is 2.81. The highest BCUT2D eigenvalue weighted by molar-refractivity contribution is 7.12. The van der Waals surface area contributed by atoms with E-state index in [0.29, 0.717) is 17.0 Å². The molecule has 0 spiro atoms. The van der Waals surface area contributed by atoms with Crippen LogP contribution in [-0.4, -0.2) is 33.7 Å². The van der Waals surface area contributed by atoms with Crippen LogP contribution < -0.4 is 0 Å². The average molecular weight is 335 g/mol. The van der Waals surface area contributed by atoms with E-state index in [1.807, 2.05) is 0 Å². The second kappa shape index (κ2) is 5.73. The molecule has 1 N–H and O–H groups in total. The van der Waals surface area contributed by atoms with Crippen LogP contribution >= 0.6 is 11.3 Å². The number of amides is 1. The molecule has 0 aromatic carbocycles. The van der Waals surface area contributed by atoms with E-state index in [9.17, 15) is 18.8 Å². The van der Waals surface area contributed by atoms with Crippen molar-refractivity contribution in [3.8, 4) is 0 Å². The number of hydrogen-bond acceptors (Lipinski definition) is 4. The van der Waals surface area contributed by atoms with Crippen LogP contribution in [0, 0.1) is 0 Å². The van der Waals surface area contributed by atoms with E-state index < -0.39 is 30.0 Å². The van der Waals surface area contributed by atoms with Gasteiger partial charge in [-0.2, -0.15) is 0 Å². The predicted molar refractivity (Wildman–Crippen MR) is 81.6 cm³/mol. The smallest absolute Gasteiger partial charge is 0.307 e. The monoisotopic (exact) mass is 335 g/mol. The number of thiophene rings is 1. The first-order valence-corrected chi connectivity index (χ1v) is 8.01. The number of carboxylic acids is 1. The minimum absolute atomic E-state index is 0.0157. The van der Waals surface area contributed by atoms with Gasteiger partial charge in [-0.15, -0.1) is 11.3 Å². The fourth-order valence-corrected chi connectivity index (χ4v) is 3.83. The zero-order valence-corrected chi connectivity index (χ0v) is 13.2. The van der Waals surface area contributed by atoms with Crippen molar-refractivity contribution in [1.29, 1.82) is 0 Å². The molecule has 0 fully saturated rings. The van der Waals surface area contributed by atoms with E-state index in [-0.39, 0.29) is 23.5 Å². The highest BCUT2D eigenvalue weighted by Crippen LogP contribution is 2.43. The highest BCUT2D eigenvalue weighted by atomic mass is 32.1. The van der Waals surface area contributed by atoms with Crippen LogP contribution in [0.2, 0.25) is 0 Å². The van der Waals surface area contributed by atoms with Crippen LogP contribution in [0.5, 0.6) is 0 Å². The number of carbonyl (C=O) groups excluding carboxylic acids is 2. The second-order valence-corrected chi connectivity index (χ2v) is 6.44. The fraction of sp³-hybridized carbons (Fsp3) is 0.312. The van der Waals surface area contributed by atoms with Crippen molar-refractivity contribution in [2.24, 2.45) is 0 Å². The van der Waals surface area contributed by atoms with Crippen LogP contribution in [0.4, 0.5) is 4.39 Å². The Kier molecular flexibility index (Phi) is 3.89. The summed E-state index contributed by atoms with van der Waals surface area (Å²) in [6.07, 6.45) is -0.0897. The molecule has 3 rings (SSSR count). The third kappa shape index (κ3) is 2.50. The van der Waals surface area contributed by atoms with Gasteiger partial charge >= 0.3 is 5.97 Å². The molecular weight excluding hydrogens is 321 g/mol. The van der Waals surface area contributed by atoms with Crippen molar-refractivity contribution in [3.63, 3.8) is 0 Å². The van der Waals surface area contributed by atoms with Crippen molar-refractivity contribution in [2.75, 3.05) is 0 Å². The molecule has 0 saturated carbocycles. The molecular formula is C16H14FNO4S. The van der Waals surface area contributed by atoms with E-state index in [2.05, 4.69) is 0 Å². The molecule has 2 aliphatic rings. The first-order chi connectivity index (χ1) is 10.9. The number of allylic oxidation sites excluding steroid dienone is 2. The quantitative estimate of drug-likeness (QED) is 0.921. The lowest BCUT2D eigenvalue weighted by atomic mass is 9.88. The van der Waals surface area contributed by atoms with E-state index >= 15 is 0 Å². The Balaban J connectivity index is 2.11. The Labute approximate surface area is 135 Å². The van der Waals surface area contributed by atoms with Gasteiger partial charge in [0.05, 0.1) is 17.3 Å². The normalized spacial score (nSPS) is 21.0. The Bertz CT molecular complexity index is 763. The molecule has 120 valence electrons. The van der Waals surface area contributed by atoms with Crippen LogP contribution in [0.3, 0.4) is 0 Å². The van der Waals surface area contributed by atoms with E-state index in [1.165, 1.54) is 16.2 Å². The van der Waals surface area contributed by atoms with Crippen LogP contribution in [0.1, 0.15) is 35.9 Å². The Hall–Kier alpha value is -2.28. The summed E-state index contributed by atoms with van der Waals surface area (Å²) in [6.45, 7) is 1.60. The molecule has 7 heteroatoms. The van der Waals surface area contributed by atoms with Gasteiger partial charge in [0.2, 0.25) is 0 Å². The van der Waals surface area contributed by atoms with Gasteiger partial charge in [0.15, 0.2) is 11.6 Å². The highest BCUT2D eigenvalue weighted by Gasteiger charge is 2.44. The topological polar surface area (TPSA) is 74.7 Å². The van der Waals surface area contributed by atoms with Gasteiger partial charge in [0, 0.05) is 17.7 Å². The van der Waals surface area contributed by atoms with Gasteiger partial charge in [-0.05, 0) is 30.4 Å². The first kappa shape index (κ1) is 15.6. The molecule has 1 aromatic heterocycles. The number of carboxylic acid groups (broad SMARTS) is 1. The molecule has 23 heavy (non-hydrogen) atoms. The molecule has 1 atom stereocenters. The summed E-state index contributed by atoms with van der Waals surface area (Å²) in [4.78, 5) is 37.4. The molecule has 5 nitrogen and oxygen atoms in total. The molecule has 2 heterocycles. The van der Waals surface area contributed by atoms with Crippen molar-refractivity contribution >= 4 is 29.0 Å². The van der Waals surface area contributed by atoms with Gasteiger partial charge in [-0.25, -0.2) is 4.39 Å². The van der Waals surface area contributed by atoms with Crippen LogP contribution in [0.15, 0.2) is 40.2 Å². The summed E-state index contributed by atoms with van der Waals surface area (Å²) in [5.41, 5.74) is 0.722. The fourth-order valence-electron chi connectivity index (χ4n) is 3.17. The molecule has 0 bridgehead atoms. The Morgan fingerprint density at radius 3 is 2.83 bits per heavy atom. The number of nitrogens with zero attached hydrogens (tertiary/aromatic N) is 1. The van der Waals surface area contributed by atoms with E-state index in [1.54, 1.807) is 24.4 Å². The number of halogens is 1.